The highest BCUT2D eigenvalue weighted by Crippen LogP contribution is 2.19. The van der Waals surface area contributed by atoms with Crippen LogP contribution in [-0.2, 0) is 7.05 Å². The molecule has 2 heterocycles. The van der Waals surface area contributed by atoms with Crippen molar-refractivity contribution in [3.05, 3.63) is 33.0 Å². The second-order valence-corrected chi connectivity index (χ2v) is 5.73. The number of nitrogens with one attached hydrogen (secondary N) is 1. The van der Waals surface area contributed by atoms with Crippen LogP contribution >= 0.6 is 22.9 Å². The van der Waals surface area contributed by atoms with Crippen molar-refractivity contribution in [2.24, 2.45) is 7.05 Å². The molecule has 19 heavy (non-hydrogen) atoms. The predicted octanol–water partition coefficient (Wildman–Crippen LogP) is 2.37. The summed E-state index contributed by atoms with van der Waals surface area (Å²) in [6, 6.07) is 0. The Labute approximate surface area is 120 Å². The smallest absolute Gasteiger partial charge is 0.273 e. The van der Waals surface area contributed by atoms with Crippen molar-refractivity contribution in [1.29, 1.82) is 0 Å². The lowest BCUT2D eigenvalue weighted by atomic mass is 10.2. The number of hydrogen-bond acceptors (Lipinski definition) is 4. The maximum absolute atomic E-state index is 11.9. The Balaban J connectivity index is 1.95. The van der Waals surface area contributed by atoms with Gasteiger partial charge >= 0.3 is 0 Å². The van der Waals surface area contributed by atoms with Crippen LogP contribution in [0.25, 0.3) is 0 Å². The van der Waals surface area contributed by atoms with E-state index in [1.54, 1.807) is 24.6 Å². The van der Waals surface area contributed by atoms with Crippen LogP contribution in [-0.4, -0.2) is 27.2 Å². The first-order chi connectivity index (χ1) is 8.97. The molecule has 2 rings (SSSR count). The molecular formula is C12H15ClN4OS. The van der Waals surface area contributed by atoms with Crippen molar-refractivity contribution in [1.82, 2.24) is 20.1 Å². The van der Waals surface area contributed by atoms with E-state index in [-0.39, 0.29) is 17.5 Å². The number of halogens is 1. The lowest BCUT2D eigenvalue weighted by Gasteiger charge is -2.09. The Bertz CT molecular complexity index is 592. The van der Waals surface area contributed by atoms with E-state index in [9.17, 15) is 4.79 Å². The molecule has 0 aliphatic rings. The quantitative estimate of drug-likeness (QED) is 0.943. The zero-order valence-corrected chi connectivity index (χ0v) is 12.5. The topological polar surface area (TPSA) is 59.8 Å². The van der Waals surface area contributed by atoms with Gasteiger partial charge in [0.25, 0.3) is 5.91 Å². The third-order valence-electron chi connectivity index (χ3n) is 2.63. The lowest BCUT2D eigenvalue weighted by Crippen LogP contribution is -2.28. The maximum atomic E-state index is 11.9. The molecule has 7 heteroatoms. The van der Waals surface area contributed by atoms with Gasteiger partial charge in [-0.1, -0.05) is 18.5 Å². The minimum atomic E-state index is -0.259. The molecule has 5 nitrogen and oxygen atoms in total. The Hall–Kier alpha value is -1.40. The van der Waals surface area contributed by atoms with E-state index in [0.717, 1.165) is 10.7 Å². The minimum Gasteiger partial charge on any atom is -0.350 e. The molecule has 0 saturated heterocycles. The number of thiazole rings is 1. The summed E-state index contributed by atoms with van der Waals surface area (Å²) in [7, 11) is 1.73. The van der Waals surface area contributed by atoms with Crippen LogP contribution in [0.3, 0.4) is 0 Å². The zero-order chi connectivity index (χ0) is 14.0. The average molecular weight is 299 g/mol. The lowest BCUT2D eigenvalue weighted by molar-refractivity contribution is 0.0946. The van der Waals surface area contributed by atoms with Gasteiger partial charge in [-0.05, 0) is 6.92 Å². The first-order valence-electron chi connectivity index (χ1n) is 5.86. The van der Waals surface area contributed by atoms with Gasteiger partial charge < -0.3 is 5.32 Å². The van der Waals surface area contributed by atoms with Crippen molar-refractivity contribution >= 4 is 28.8 Å². The molecular weight excluding hydrogens is 284 g/mol. The molecule has 1 N–H and O–H groups in total. The van der Waals surface area contributed by atoms with Gasteiger partial charge in [-0.25, -0.2) is 4.98 Å². The molecule has 0 fully saturated rings. The molecule has 2 aromatic heterocycles. The van der Waals surface area contributed by atoms with Gasteiger partial charge in [0.05, 0.1) is 10.0 Å². The highest BCUT2D eigenvalue weighted by molar-refractivity contribution is 7.09. The number of carbonyl (C=O) groups is 1. The van der Waals surface area contributed by atoms with Gasteiger partial charge in [-0.3, -0.25) is 9.48 Å². The van der Waals surface area contributed by atoms with Gasteiger partial charge in [0, 0.05) is 36.8 Å². The van der Waals surface area contributed by atoms with E-state index in [1.807, 2.05) is 19.2 Å². The van der Waals surface area contributed by atoms with Gasteiger partial charge in [0.15, 0.2) is 5.69 Å². The molecule has 0 bridgehead atoms. The number of aromatic nitrogens is 3. The number of hydrogen-bond donors (Lipinski definition) is 1. The van der Waals surface area contributed by atoms with Crippen LogP contribution in [0, 0.1) is 6.92 Å². The first-order valence-corrected chi connectivity index (χ1v) is 7.12. The SMILES string of the molecule is Cc1csc(C(C)CNC(=O)c2nn(C)cc2Cl)n1. The Morgan fingerprint density at radius 1 is 1.63 bits per heavy atom. The third kappa shape index (κ3) is 3.33. The summed E-state index contributed by atoms with van der Waals surface area (Å²) < 4.78 is 1.52. The minimum absolute atomic E-state index is 0.171. The molecule has 1 atom stereocenters. The second kappa shape index (κ2) is 5.71. The standard InChI is InChI=1S/C12H15ClN4OS/c1-7(12-15-8(2)6-19-12)4-14-11(18)10-9(13)5-17(3)16-10/h5-7H,4H2,1-3H3,(H,14,18). The summed E-state index contributed by atoms with van der Waals surface area (Å²) in [5.41, 5.74) is 1.26. The molecule has 0 aromatic carbocycles. The maximum Gasteiger partial charge on any atom is 0.273 e. The number of rotatable bonds is 4. The van der Waals surface area contributed by atoms with E-state index in [4.69, 9.17) is 11.6 Å². The van der Waals surface area contributed by atoms with Crippen molar-refractivity contribution in [3.8, 4) is 0 Å². The number of carbonyl (C=O) groups excluding carboxylic acids is 1. The summed E-state index contributed by atoms with van der Waals surface area (Å²) in [6.07, 6.45) is 1.60. The van der Waals surface area contributed by atoms with Crippen LogP contribution in [0.15, 0.2) is 11.6 Å². The normalized spacial score (nSPS) is 12.4. The first kappa shape index (κ1) is 14.0. The van der Waals surface area contributed by atoms with Crippen LogP contribution in [0.1, 0.15) is 34.0 Å². The van der Waals surface area contributed by atoms with Crippen molar-refractivity contribution in [3.63, 3.8) is 0 Å². The van der Waals surface area contributed by atoms with E-state index in [2.05, 4.69) is 15.4 Å². The summed E-state index contributed by atoms with van der Waals surface area (Å²) in [4.78, 5) is 16.3. The van der Waals surface area contributed by atoms with Crippen molar-refractivity contribution in [2.75, 3.05) is 6.54 Å². The Morgan fingerprint density at radius 3 is 2.89 bits per heavy atom. The van der Waals surface area contributed by atoms with E-state index in [1.165, 1.54) is 4.68 Å². The van der Waals surface area contributed by atoms with Crippen LogP contribution in [0.2, 0.25) is 5.02 Å². The van der Waals surface area contributed by atoms with E-state index in [0.29, 0.717) is 11.6 Å². The van der Waals surface area contributed by atoms with Crippen molar-refractivity contribution < 1.29 is 4.79 Å². The third-order valence-corrected chi connectivity index (χ3v) is 4.10. The molecule has 0 saturated carbocycles. The summed E-state index contributed by atoms with van der Waals surface area (Å²) >= 11 is 7.53. The van der Waals surface area contributed by atoms with Gasteiger partial charge in [0.2, 0.25) is 0 Å². The molecule has 1 unspecified atom stereocenters. The molecule has 2 aromatic rings. The van der Waals surface area contributed by atoms with E-state index < -0.39 is 0 Å². The highest BCUT2D eigenvalue weighted by Gasteiger charge is 2.16. The van der Waals surface area contributed by atoms with E-state index >= 15 is 0 Å². The Kier molecular flexibility index (Phi) is 4.21. The monoisotopic (exact) mass is 298 g/mol. The molecule has 0 radical (unpaired) electrons. The highest BCUT2D eigenvalue weighted by atomic mass is 35.5. The fourth-order valence-corrected chi connectivity index (χ4v) is 2.75. The van der Waals surface area contributed by atoms with Crippen molar-refractivity contribution in [2.45, 2.75) is 19.8 Å². The van der Waals surface area contributed by atoms with Gasteiger partial charge in [-0.2, -0.15) is 5.10 Å². The van der Waals surface area contributed by atoms with Crippen LogP contribution in [0.4, 0.5) is 0 Å². The number of nitrogens with zero attached hydrogens (tertiary/aromatic N) is 3. The van der Waals surface area contributed by atoms with Crippen LogP contribution < -0.4 is 5.32 Å². The Morgan fingerprint density at radius 2 is 2.37 bits per heavy atom. The van der Waals surface area contributed by atoms with Gasteiger partial charge in [0.1, 0.15) is 0 Å². The molecule has 0 aliphatic heterocycles. The van der Waals surface area contributed by atoms with Crippen LogP contribution in [0.5, 0.6) is 0 Å². The van der Waals surface area contributed by atoms with Gasteiger partial charge in [-0.15, -0.1) is 11.3 Å². The number of amides is 1. The zero-order valence-electron chi connectivity index (χ0n) is 11.0. The fourth-order valence-electron chi connectivity index (χ4n) is 1.63. The molecule has 0 aliphatic carbocycles. The molecule has 0 spiro atoms. The fraction of sp³-hybridized carbons (Fsp3) is 0.417. The molecule has 1 amide bonds. The average Bonchev–Trinajstić information content (AvgIpc) is 2.92. The summed E-state index contributed by atoms with van der Waals surface area (Å²) in [5, 5.41) is 10.2. The largest absolute Gasteiger partial charge is 0.350 e. The number of aryl methyl sites for hydroxylation is 2. The predicted molar refractivity (Wildman–Crippen MR) is 75.8 cm³/mol. The second-order valence-electron chi connectivity index (χ2n) is 4.44. The molecule has 102 valence electrons. The summed E-state index contributed by atoms with van der Waals surface area (Å²) in [5.74, 6) is -0.0872. The summed E-state index contributed by atoms with van der Waals surface area (Å²) in [6.45, 7) is 4.50.